The first-order chi connectivity index (χ1) is 11.5. The second-order valence-corrected chi connectivity index (χ2v) is 6.69. The zero-order chi connectivity index (χ0) is 17.1. The molecule has 1 heterocycles. The fourth-order valence-electron chi connectivity index (χ4n) is 3.66. The molecule has 2 aliphatic rings. The molecule has 1 saturated heterocycles. The lowest BCUT2D eigenvalue weighted by Crippen LogP contribution is -2.36. The number of hydrogen-bond acceptors (Lipinski definition) is 3. The van der Waals surface area contributed by atoms with Crippen molar-refractivity contribution in [2.45, 2.75) is 56.8 Å². The van der Waals surface area contributed by atoms with Gasteiger partial charge in [-0.3, -0.25) is 4.79 Å². The van der Waals surface area contributed by atoms with Crippen LogP contribution in [0.5, 0.6) is 0 Å². The normalized spacial score (nSPS) is 25.2. The monoisotopic (exact) mass is 339 g/mol. The quantitative estimate of drug-likeness (QED) is 0.918. The standard InChI is InChI=1S/C18H23F2NO3/c19-12-6-7-16(20)15(8-12)17-9-13(22)10-21(17)18(23)11-24-14-4-2-1-3-5-14/h6-8,13-14,17,22H,1-5,9-11H2. The minimum atomic E-state index is -0.740. The van der Waals surface area contributed by atoms with Crippen molar-refractivity contribution in [3.63, 3.8) is 0 Å². The molecule has 6 heteroatoms. The molecule has 1 aliphatic carbocycles. The van der Waals surface area contributed by atoms with Crippen molar-refractivity contribution < 1.29 is 23.4 Å². The Labute approximate surface area is 140 Å². The number of hydrogen-bond donors (Lipinski definition) is 1. The fraction of sp³-hybridized carbons (Fsp3) is 0.611. The van der Waals surface area contributed by atoms with Crippen molar-refractivity contribution in [3.8, 4) is 0 Å². The zero-order valence-corrected chi connectivity index (χ0v) is 13.6. The van der Waals surface area contributed by atoms with E-state index in [0.717, 1.165) is 43.9 Å². The van der Waals surface area contributed by atoms with Gasteiger partial charge in [-0.1, -0.05) is 19.3 Å². The van der Waals surface area contributed by atoms with Gasteiger partial charge in [0.05, 0.1) is 18.2 Å². The molecule has 132 valence electrons. The Hall–Kier alpha value is -1.53. The Morgan fingerprint density at radius 3 is 2.75 bits per heavy atom. The van der Waals surface area contributed by atoms with E-state index >= 15 is 0 Å². The van der Waals surface area contributed by atoms with Crippen LogP contribution in [0.3, 0.4) is 0 Å². The van der Waals surface area contributed by atoms with E-state index in [1.165, 1.54) is 11.3 Å². The maximum absolute atomic E-state index is 14.0. The molecule has 0 radical (unpaired) electrons. The van der Waals surface area contributed by atoms with Gasteiger partial charge in [-0.25, -0.2) is 8.78 Å². The molecule has 3 rings (SSSR count). The predicted molar refractivity (Wildman–Crippen MR) is 84.3 cm³/mol. The van der Waals surface area contributed by atoms with Gasteiger partial charge in [0.2, 0.25) is 5.91 Å². The summed E-state index contributed by atoms with van der Waals surface area (Å²) < 4.78 is 33.2. The van der Waals surface area contributed by atoms with Crippen molar-refractivity contribution >= 4 is 5.91 Å². The van der Waals surface area contributed by atoms with E-state index in [2.05, 4.69) is 0 Å². The Balaban J connectivity index is 1.68. The van der Waals surface area contributed by atoms with Crippen molar-refractivity contribution in [3.05, 3.63) is 35.4 Å². The number of likely N-dealkylation sites (tertiary alicyclic amines) is 1. The highest BCUT2D eigenvalue weighted by atomic mass is 19.1. The first-order valence-electron chi connectivity index (χ1n) is 8.58. The Bertz CT molecular complexity index is 590. The van der Waals surface area contributed by atoms with E-state index in [0.29, 0.717) is 0 Å². The highest BCUT2D eigenvalue weighted by molar-refractivity contribution is 5.78. The molecule has 1 aliphatic heterocycles. The Kier molecular flexibility index (Phi) is 5.46. The second kappa shape index (κ2) is 7.57. The first-order valence-corrected chi connectivity index (χ1v) is 8.58. The fourth-order valence-corrected chi connectivity index (χ4v) is 3.66. The molecular weight excluding hydrogens is 316 g/mol. The van der Waals surface area contributed by atoms with Crippen molar-refractivity contribution in [1.82, 2.24) is 4.90 Å². The average molecular weight is 339 g/mol. The minimum absolute atomic E-state index is 0.0786. The summed E-state index contributed by atoms with van der Waals surface area (Å²) in [7, 11) is 0. The highest BCUT2D eigenvalue weighted by Gasteiger charge is 2.37. The molecule has 1 saturated carbocycles. The smallest absolute Gasteiger partial charge is 0.249 e. The topological polar surface area (TPSA) is 49.8 Å². The molecule has 0 aromatic heterocycles. The van der Waals surface area contributed by atoms with Gasteiger partial charge in [0.15, 0.2) is 0 Å². The molecule has 1 aromatic carbocycles. The van der Waals surface area contributed by atoms with Crippen LogP contribution in [0.2, 0.25) is 0 Å². The zero-order valence-electron chi connectivity index (χ0n) is 13.6. The van der Waals surface area contributed by atoms with Crippen molar-refractivity contribution in [2.75, 3.05) is 13.2 Å². The summed E-state index contributed by atoms with van der Waals surface area (Å²) in [5.41, 5.74) is 0.109. The van der Waals surface area contributed by atoms with Gasteiger partial charge in [-0.15, -0.1) is 0 Å². The summed E-state index contributed by atoms with van der Waals surface area (Å²) in [5, 5.41) is 9.91. The van der Waals surface area contributed by atoms with Crippen LogP contribution < -0.4 is 0 Å². The van der Waals surface area contributed by atoms with Crippen LogP contribution in [-0.2, 0) is 9.53 Å². The molecule has 24 heavy (non-hydrogen) atoms. The number of halogens is 2. The van der Waals surface area contributed by atoms with Gasteiger partial charge in [0.1, 0.15) is 18.2 Å². The largest absolute Gasteiger partial charge is 0.391 e. The number of carbonyl (C=O) groups excluding carboxylic acids is 1. The number of aliphatic hydroxyl groups excluding tert-OH is 1. The molecule has 0 spiro atoms. The SMILES string of the molecule is O=C(COC1CCCCC1)N1CC(O)CC1c1cc(F)ccc1F. The van der Waals surface area contributed by atoms with Gasteiger partial charge in [-0.2, -0.15) is 0 Å². The number of nitrogens with zero attached hydrogens (tertiary/aromatic N) is 1. The lowest BCUT2D eigenvalue weighted by atomic mass is 9.98. The van der Waals surface area contributed by atoms with Gasteiger partial charge in [-0.05, 0) is 37.5 Å². The molecule has 1 aromatic rings. The second-order valence-electron chi connectivity index (χ2n) is 6.69. The van der Waals surface area contributed by atoms with Crippen molar-refractivity contribution in [1.29, 1.82) is 0 Å². The summed E-state index contributed by atoms with van der Waals surface area (Å²) in [6, 6.07) is 2.54. The Morgan fingerprint density at radius 2 is 2.00 bits per heavy atom. The summed E-state index contributed by atoms with van der Waals surface area (Å²) in [6.07, 6.45) is 4.89. The number of carbonyl (C=O) groups is 1. The van der Waals surface area contributed by atoms with Crippen LogP contribution in [0, 0.1) is 11.6 Å². The van der Waals surface area contributed by atoms with E-state index in [1.807, 2.05) is 0 Å². The summed E-state index contributed by atoms with van der Waals surface area (Å²) in [6.45, 7) is 0.0400. The van der Waals surface area contributed by atoms with Crippen LogP contribution in [-0.4, -0.2) is 41.3 Å². The summed E-state index contributed by atoms with van der Waals surface area (Å²) in [4.78, 5) is 13.9. The third kappa shape index (κ3) is 3.92. The van der Waals surface area contributed by atoms with Gasteiger partial charge in [0, 0.05) is 12.1 Å². The maximum Gasteiger partial charge on any atom is 0.249 e. The van der Waals surface area contributed by atoms with Crippen LogP contribution in [0.25, 0.3) is 0 Å². The number of amides is 1. The lowest BCUT2D eigenvalue weighted by Gasteiger charge is -2.27. The van der Waals surface area contributed by atoms with E-state index < -0.39 is 23.8 Å². The third-order valence-electron chi connectivity index (χ3n) is 4.91. The Morgan fingerprint density at radius 1 is 1.25 bits per heavy atom. The van der Waals surface area contributed by atoms with Gasteiger partial charge >= 0.3 is 0 Å². The number of aliphatic hydroxyl groups is 1. The molecule has 2 unspecified atom stereocenters. The molecule has 4 nitrogen and oxygen atoms in total. The molecule has 1 N–H and O–H groups in total. The van der Waals surface area contributed by atoms with E-state index in [9.17, 15) is 18.7 Å². The van der Waals surface area contributed by atoms with Gasteiger partial charge in [0.25, 0.3) is 0 Å². The first kappa shape index (κ1) is 17.3. The van der Waals surface area contributed by atoms with Crippen LogP contribution in [0.1, 0.15) is 50.1 Å². The number of benzene rings is 1. The average Bonchev–Trinajstić information content (AvgIpc) is 2.97. The summed E-state index contributed by atoms with van der Waals surface area (Å²) in [5.74, 6) is -1.41. The minimum Gasteiger partial charge on any atom is -0.391 e. The van der Waals surface area contributed by atoms with Gasteiger partial charge < -0.3 is 14.7 Å². The molecule has 2 atom stereocenters. The molecule has 0 bridgehead atoms. The molecular formula is C18H23F2NO3. The highest BCUT2D eigenvalue weighted by Crippen LogP contribution is 2.34. The van der Waals surface area contributed by atoms with Crippen LogP contribution in [0.15, 0.2) is 18.2 Å². The van der Waals surface area contributed by atoms with E-state index in [-0.39, 0.29) is 37.1 Å². The predicted octanol–water partition coefficient (Wildman–Crippen LogP) is 2.95. The summed E-state index contributed by atoms with van der Waals surface area (Å²) >= 11 is 0. The number of rotatable bonds is 4. The number of β-amino-alcohol motifs (C(OH)–C–C–N with tert-alkyl or cyclic N) is 1. The van der Waals surface area contributed by atoms with Crippen molar-refractivity contribution in [2.24, 2.45) is 0 Å². The lowest BCUT2D eigenvalue weighted by molar-refractivity contribution is -0.140. The van der Waals surface area contributed by atoms with Crippen LogP contribution in [0.4, 0.5) is 8.78 Å². The van der Waals surface area contributed by atoms with E-state index in [1.54, 1.807) is 0 Å². The molecule has 2 fully saturated rings. The maximum atomic E-state index is 14.0. The van der Waals surface area contributed by atoms with E-state index in [4.69, 9.17) is 4.74 Å². The third-order valence-corrected chi connectivity index (χ3v) is 4.91. The molecule has 1 amide bonds. The number of ether oxygens (including phenoxy) is 1. The van der Waals surface area contributed by atoms with Crippen LogP contribution >= 0.6 is 0 Å².